The van der Waals surface area contributed by atoms with Crippen LogP contribution in [-0.4, -0.2) is 16.1 Å². The summed E-state index contributed by atoms with van der Waals surface area (Å²) < 4.78 is 38.3. The van der Waals surface area contributed by atoms with Gasteiger partial charge in [0, 0.05) is 0 Å². The number of aromatic nitrogens is 1. The van der Waals surface area contributed by atoms with Crippen LogP contribution in [0.4, 0.5) is 23.9 Å². The van der Waals surface area contributed by atoms with Crippen LogP contribution < -0.4 is 5.32 Å². The summed E-state index contributed by atoms with van der Waals surface area (Å²) in [6.45, 7) is 0. The SMILES string of the molecule is O=C(O)c1ncsc1Nc1ccccc1C(F)(F)F. The first kappa shape index (κ1) is 13.3. The van der Waals surface area contributed by atoms with Crippen molar-refractivity contribution >= 4 is 28.0 Å². The molecule has 0 fully saturated rings. The third-order valence-electron chi connectivity index (χ3n) is 2.25. The predicted octanol–water partition coefficient (Wildman–Crippen LogP) is 3.60. The van der Waals surface area contributed by atoms with Gasteiger partial charge in [0.25, 0.3) is 0 Å². The molecule has 2 aromatic rings. The molecule has 0 bridgehead atoms. The average Bonchev–Trinajstić information content (AvgIpc) is 2.76. The standard InChI is InChI=1S/C11H7F3N2O2S/c12-11(13,14)6-3-1-2-4-7(6)16-9-8(10(17)18)15-5-19-9/h1-5,16H,(H,17,18). The van der Waals surface area contributed by atoms with Crippen LogP contribution in [0.25, 0.3) is 0 Å². The Morgan fingerprint density at radius 2 is 2.00 bits per heavy atom. The van der Waals surface area contributed by atoms with Crippen LogP contribution in [0.15, 0.2) is 29.8 Å². The topological polar surface area (TPSA) is 62.2 Å². The molecule has 19 heavy (non-hydrogen) atoms. The van der Waals surface area contributed by atoms with Gasteiger partial charge in [-0.1, -0.05) is 12.1 Å². The fourth-order valence-corrected chi connectivity index (χ4v) is 2.13. The molecule has 2 rings (SSSR count). The number of carbonyl (C=O) groups is 1. The predicted molar refractivity (Wildman–Crippen MR) is 63.8 cm³/mol. The van der Waals surface area contributed by atoms with Gasteiger partial charge >= 0.3 is 12.1 Å². The molecule has 0 amide bonds. The number of aromatic carboxylic acids is 1. The third-order valence-corrected chi connectivity index (χ3v) is 2.99. The molecule has 0 radical (unpaired) electrons. The van der Waals surface area contributed by atoms with Gasteiger partial charge in [0.15, 0.2) is 5.69 Å². The Hall–Kier alpha value is -2.09. The summed E-state index contributed by atoms with van der Waals surface area (Å²) in [7, 11) is 0. The van der Waals surface area contributed by atoms with E-state index in [-0.39, 0.29) is 16.4 Å². The number of nitrogens with one attached hydrogen (secondary N) is 1. The van der Waals surface area contributed by atoms with Gasteiger partial charge in [-0.2, -0.15) is 13.2 Å². The van der Waals surface area contributed by atoms with E-state index in [0.717, 1.165) is 17.4 Å². The van der Waals surface area contributed by atoms with Gasteiger partial charge in [0.1, 0.15) is 5.00 Å². The van der Waals surface area contributed by atoms with Crippen LogP contribution in [0.5, 0.6) is 0 Å². The van der Waals surface area contributed by atoms with Crippen LogP contribution >= 0.6 is 11.3 Å². The summed E-state index contributed by atoms with van der Waals surface area (Å²) in [4.78, 5) is 14.4. The van der Waals surface area contributed by atoms with Gasteiger partial charge in [-0.25, -0.2) is 9.78 Å². The zero-order valence-corrected chi connectivity index (χ0v) is 10.0. The van der Waals surface area contributed by atoms with Gasteiger partial charge in [0.05, 0.1) is 16.8 Å². The molecule has 1 heterocycles. The molecule has 1 aromatic heterocycles. The van der Waals surface area contributed by atoms with Gasteiger partial charge in [-0.05, 0) is 12.1 Å². The smallest absolute Gasteiger partial charge is 0.418 e. The second-order valence-electron chi connectivity index (χ2n) is 3.50. The van der Waals surface area contributed by atoms with E-state index in [4.69, 9.17) is 5.11 Å². The molecule has 0 aliphatic carbocycles. The summed E-state index contributed by atoms with van der Waals surface area (Å²) in [5.41, 5.74) is -0.120. The van der Waals surface area contributed by atoms with E-state index in [1.54, 1.807) is 0 Å². The summed E-state index contributed by atoms with van der Waals surface area (Å²) in [6.07, 6.45) is -4.52. The van der Waals surface area contributed by atoms with Gasteiger partial charge in [-0.15, -0.1) is 11.3 Å². The van der Waals surface area contributed by atoms with E-state index in [0.29, 0.717) is 0 Å². The number of thiazole rings is 1. The highest BCUT2D eigenvalue weighted by Crippen LogP contribution is 2.36. The maximum Gasteiger partial charge on any atom is 0.418 e. The van der Waals surface area contributed by atoms with E-state index in [1.807, 2.05) is 0 Å². The maximum atomic E-state index is 12.8. The van der Waals surface area contributed by atoms with Crippen LogP contribution in [0.2, 0.25) is 0 Å². The van der Waals surface area contributed by atoms with Gasteiger partial charge < -0.3 is 10.4 Å². The highest BCUT2D eigenvalue weighted by atomic mass is 32.1. The zero-order chi connectivity index (χ0) is 14.0. The lowest BCUT2D eigenvalue weighted by Crippen LogP contribution is -2.09. The molecule has 100 valence electrons. The van der Waals surface area contributed by atoms with Crippen LogP contribution in [0, 0.1) is 0 Å². The Balaban J connectivity index is 2.39. The molecule has 0 aliphatic heterocycles. The highest BCUT2D eigenvalue weighted by molar-refractivity contribution is 7.14. The molecule has 0 spiro atoms. The minimum absolute atomic E-state index is 0.0594. The van der Waals surface area contributed by atoms with Crippen molar-refractivity contribution in [2.45, 2.75) is 6.18 Å². The van der Waals surface area contributed by atoms with Crippen molar-refractivity contribution < 1.29 is 23.1 Å². The number of alkyl halides is 3. The van der Waals surface area contributed by atoms with Crippen molar-refractivity contribution in [3.05, 3.63) is 41.0 Å². The minimum atomic E-state index is -4.52. The zero-order valence-electron chi connectivity index (χ0n) is 9.23. The molecule has 4 nitrogen and oxygen atoms in total. The number of anilines is 2. The molecule has 2 N–H and O–H groups in total. The number of para-hydroxylation sites is 1. The quantitative estimate of drug-likeness (QED) is 0.905. The van der Waals surface area contributed by atoms with Crippen molar-refractivity contribution in [3.8, 4) is 0 Å². The normalized spacial score (nSPS) is 11.3. The van der Waals surface area contributed by atoms with Crippen LogP contribution in [0.1, 0.15) is 16.1 Å². The van der Waals surface area contributed by atoms with Gasteiger partial charge in [-0.3, -0.25) is 0 Å². The molecule has 0 saturated heterocycles. The van der Waals surface area contributed by atoms with E-state index < -0.39 is 17.7 Å². The monoisotopic (exact) mass is 288 g/mol. The third kappa shape index (κ3) is 2.84. The first-order chi connectivity index (χ1) is 8.89. The summed E-state index contributed by atoms with van der Waals surface area (Å²) in [5.74, 6) is -1.30. The lowest BCUT2D eigenvalue weighted by Gasteiger charge is -2.13. The lowest BCUT2D eigenvalue weighted by molar-refractivity contribution is -0.136. The van der Waals surface area contributed by atoms with Crippen LogP contribution in [-0.2, 0) is 6.18 Å². The summed E-state index contributed by atoms with van der Waals surface area (Å²) in [6, 6.07) is 4.84. The second-order valence-corrected chi connectivity index (χ2v) is 4.36. The van der Waals surface area contributed by atoms with E-state index >= 15 is 0 Å². The fraction of sp³-hybridized carbons (Fsp3) is 0.0909. The highest BCUT2D eigenvalue weighted by Gasteiger charge is 2.33. The summed E-state index contributed by atoms with van der Waals surface area (Å²) >= 11 is 0.922. The number of hydrogen-bond acceptors (Lipinski definition) is 4. The Bertz CT molecular complexity index is 610. The largest absolute Gasteiger partial charge is 0.476 e. The number of benzene rings is 1. The number of rotatable bonds is 3. The number of carboxylic acid groups (broad SMARTS) is 1. The Labute approximate surface area is 109 Å². The molecular weight excluding hydrogens is 281 g/mol. The number of carboxylic acids is 1. The van der Waals surface area contributed by atoms with Gasteiger partial charge in [0.2, 0.25) is 0 Å². The van der Waals surface area contributed by atoms with E-state index in [1.165, 1.54) is 23.7 Å². The minimum Gasteiger partial charge on any atom is -0.476 e. The Morgan fingerprint density at radius 3 is 2.63 bits per heavy atom. The number of halogens is 3. The van der Waals surface area contributed by atoms with E-state index in [2.05, 4.69) is 10.3 Å². The Kier molecular flexibility index (Phi) is 3.43. The van der Waals surface area contributed by atoms with E-state index in [9.17, 15) is 18.0 Å². The van der Waals surface area contributed by atoms with Crippen molar-refractivity contribution in [1.29, 1.82) is 0 Å². The maximum absolute atomic E-state index is 12.8. The molecular formula is C11H7F3N2O2S. The van der Waals surface area contributed by atoms with Crippen molar-refractivity contribution in [1.82, 2.24) is 4.98 Å². The number of hydrogen-bond donors (Lipinski definition) is 2. The molecule has 0 saturated carbocycles. The molecule has 0 aliphatic rings. The van der Waals surface area contributed by atoms with Crippen LogP contribution in [0.3, 0.4) is 0 Å². The first-order valence-corrected chi connectivity index (χ1v) is 5.87. The van der Waals surface area contributed by atoms with Crippen molar-refractivity contribution in [3.63, 3.8) is 0 Å². The molecule has 0 unspecified atom stereocenters. The molecule has 0 atom stereocenters. The Morgan fingerprint density at radius 1 is 1.32 bits per heavy atom. The second kappa shape index (κ2) is 4.88. The first-order valence-electron chi connectivity index (χ1n) is 4.99. The average molecular weight is 288 g/mol. The van der Waals surface area contributed by atoms with Crippen molar-refractivity contribution in [2.75, 3.05) is 5.32 Å². The van der Waals surface area contributed by atoms with Crippen molar-refractivity contribution in [2.24, 2.45) is 0 Å². The molecule has 8 heteroatoms. The summed E-state index contributed by atoms with van der Waals surface area (Å²) in [5, 5.41) is 11.4. The fourth-order valence-electron chi connectivity index (χ4n) is 1.45. The number of nitrogens with zero attached hydrogens (tertiary/aromatic N) is 1. The lowest BCUT2D eigenvalue weighted by atomic mass is 10.1. The molecule has 1 aromatic carbocycles.